The van der Waals surface area contributed by atoms with Crippen LogP contribution in [0.4, 0.5) is 0 Å². The van der Waals surface area contributed by atoms with E-state index in [9.17, 15) is 0 Å². The molecule has 1 rings (SSSR count). The number of allylic oxidation sites excluding steroid dienone is 3. The normalized spacial score (nSPS) is 10.6. The minimum Gasteiger partial charge on any atom is -0.192 e. The van der Waals surface area contributed by atoms with Crippen LogP contribution in [-0.2, 0) is 0 Å². The van der Waals surface area contributed by atoms with Gasteiger partial charge in [-0.05, 0) is 30.2 Å². The molecule has 64 valence electrons. The molecule has 1 heteroatoms. The van der Waals surface area contributed by atoms with Crippen molar-refractivity contribution in [2.45, 2.75) is 6.92 Å². The lowest BCUT2D eigenvalue weighted by atomic mass is 10.0. The van der Waals surface area contributed by atoms with Crippen molar-refractivity contribution in [3.05, 3.63) is 54.1 Å². The van der Waals surface area contributed by atoms with Crippen LogP contribution in [-0.4, -0.2) is 0 Å². The van der Waals surface area contributed by atoms with E-state index in [1.54, 1.807) is 6.08 Å². The molecule has 0 atom stereocenters. The molecule has 0 amide bonds. The van der Waals surface area contributed by atoms with E-state index in [-0.39, 0.29) is 0 Å². The molecule has 0 heterocycles. The zero-order valence-electron chi connectivity index (χ0n) is 7.62. The molecular weight excluding hydrogens is 158 g/mol. The van der Waals surface area contributed by atoms with Crippen molar-refractivity contribution < 1.29 is 0 Å². The molecule has 1 aromatic carbocycles. The van der Waals surface area contributed by atoms with Gasteiger partial charge in [-0.2, -0.15) is 5.26 Å². The average molecular weight is 169 g/mol. The van der Waals surface area contributed by atoms with Crippen LogP contribution in [0.5, 0.6) is 0 Å². The Morgan fingerprint density at radius 1 is 1.38 bits per heavy atom. The zero-order chi connectivity index (χ0) is 9.68. The summed E-state index contributed by atoms with van der Waals surface area (Å²) >= 11 is 0. The maximum atomic E-state index is 8.60. The van der Waals surface area contributed by atoms with Crippen LogP contribution < -0.4 is 0 Å². The molecule has 0 saturated carbocycles. The van der Waals surface area contributed by atoms with Crippen LogP contribution in [0.15, 0.2) is 43.0 Å². The molecule has 0 bridgehead atoms. The highest BCUT2D eigenvalue weighted by atomic mass is 14.2. The summed E-state index contributed by atoms with van der Waals surface area (Å²) in [7, 11) is 0. The van der Waals surface area contributed by atoms with Gasteiger partial charge in [-0.15, -0.1) is 0 Å². The van der Waals surface area contributed by atoms with Crippen LogP contribution in [0.25, 0.3) is 5.57 Å². The van der Waals surface area contributed by atoms with Gasteiger partial charge in [0.2, 0.25) is 0 Å². The molecule has 1 aromatic rings. The largest absolute Gasteiger partial charge is 0.192 e. The number of nitrogens with zero attached hydrogens (tertiary/aromatic N) is 1. The second kappa shape index (κ2) is 4.27. The Morgan fingerprint density at radius 3 is 2.38 bits per heavy atom. The summed E-state index contributed by atoms with van der Waals surface area (Å²) in [5, 5.41) is 8.60. The molecular formula is C12H11N. The van der Waals surface area contributed by atoms with E-state index in [2.05, 4.69) is 12.6 Å². The average Bonchev–Trinajstić information content (AvgIpc) is 2.21. The van der Waals surface area contributed by atoms with Gasteiger partial charge in [0.25, 0.3) is 0 Å². The summed E-state index contributed by atoms with van der Waals surface area (Å²) in [6, 6.07) is 9.55. The number of hydrogen-bond acceptors (Lipinski definition) is 1. The van der Waals surface area contributed by atoms with Crippen molar-refractivity contribution in [3.63, 3.8) is 0 Å². The van der Waals surface area contributed by atoms with Gasteiger partial charge >= 0.3 is 0 Å². The monoisotopic (exact) mass is 169 g/mol. The highest BCUT2D eigenvalue weighted by molar-refractivity contribution is 5.73. The molecule has 13 heavy (non-hydrogen) atoms. The molecule has 0 unspecified atom stereocenters. The maximum Gasteiger partial charge on any atom is 0.0991 e. The standard InChI is InChI=1S/C12H11N/c1-3-11(4-2)12-7-5-10(9-13)6-8-12/h3-8H,1H2,2H3. The number of benzene rings is 1. The Kier molecular flexibility index (Phi) is 3.05. The predicted octanol–water partition coefficient (Wildman–Crippen LogP) is 3.15. The maximum absolute atomic E-state index is 8.60. The smallest absolute Gasteiger partial charge is 0.0991 e. The summed E-state index contributed by atoms with van der Waals surface area (Å²) < 4.78 is 0. The van der Waals surface area contributed by atoms with Gasteiger partial charge in [0.15, 0.2) is 0 Å². The fourth-order valence-electron chi connectivity index (χ4n) is 1.14. The second-order valence-electron chi connectivity index (χ2n) is 2.64. The van der Waals surface area contributed by atoms with Crippen molar-refractivity contribution in [1.29, 1.82) is 5.26 Å². The van der Waals surface area contributed by atoms with Crippen LogP contribution in [0.1, 0.15) is 18.1 Å². The first-order chi connectivity index (χ1) is 6.31. The van der Waals surface area contributed by atoms with Crippen molar-refractivity contribution >= 4 is 5.57 Å². The van der Waals surface area contributed by atoms with Gasteiger partial charge in [0, 0.05) is 0 Å². The number of rotatable bonds is 2. The van der Waals surface area contributed by atoms with Crippen LogP contribution in [0, 0.1) is 11.3 Å². The van der Waals surface area contributed by atoms with Crippen molar-refractivity contribution in [1.82, 2.24) is 0 Å². The van der Waals surface area contributed by atoms with E-state index in [1.165, 1.54) is 0 Å². The molecule has 0 N–H and O–H groups in total. The Morgan fingerprint density at radius 2 is 2.00 bits per heavy atom. The fourth-order valence-corrected chi connectivity index (χ4v) is 1.14. The van der Waals surface area contributed by atoms with Gasteiger partial charge < -0.3 is 0 Å². The SMILES string of the molecule is C=CC(=CC)c1ccc(C#N)cc1. The predicted molar refractivity (Wildman–Crippen MR) is 55.0 cm³/mol. The lowest BCUT2D eigenvalue weighted by molar-refractivity contribution is 1.47. The molecule has 0 aliphatic rings. The Bertz CT molecular complexity index is 363. The quantitative estimate of drug-likeness (QED) is 0.624. The summed E-state index contributed by atoms with van der Waals surface area (Å²) in [6.07, 6.45) is 3.80. The van der Waals surface area contributed by atoms with Crippen molar-refractivity contribution in [2.75, 3.05) is 0 Å². The van der Waals surface area contributed by atoms with E-state index in [0.717, 1.165) is 11.1 Å². The molecule has 0 radical (unpaired) electrons. The third-order valence-electron chi connectivity index (χ3n) is 1.88. The summed E-state index contributed by atoms with van der Waals surface area (Å²) in [5.74, 6) is 0. The van der Waals surface area contributed by atoms with E-state index in [0.29, 0.717) is 5.56 Å². The lowest BCUT2D eigenvalue weighted by Gasteiger charge is -2.00. The summed E-state index contributed by atoms with van der Waals surface area (Å²) in [6.45, 7) is 5.69. The molecule has 0 aromatic heterocycles. The second-order valence-corrected chi connectivity index (χ2v) is 2.64. The number of hydrogen-bond donors (Lipinski definition) is 0. The van der Waals surface area contributed by atoms with Gasteiger partial charge in [0.05, 0.1) is 11.6 Å². The molecule has 0 fully saturated rings. The minimum absolute atomic E-state index is 0.684. The van der Waals surface area contributed by atoms with Gasteiger partial charge in [-0.1, -0.05) is 30.9 Å². The molecule has 0 aliphatic heterocycles. The topological polar surface area (TPSA) is 23.8 Å². The Hall–Kier alpha value is -1.81. The van der Waals surface area contributed by atoms with Gasteiger partial charge in [-0.3, -0.25) is 0 Å². The van der Waals surface area contributed by atoms with Crippen LogP contribution >= 0.6 is 0 Å². The van der Waals surface area contributed by atoms with E-state index in [1.807, 2.05) is 37.3 Å². The molecule has 1 nitrogen and oxygen atoms in total. The van der Waals surface area contributed by atoms with E-state index >= 15 is 0 Å². The first kappa shape index (κ1) is 9.28. The van der Waals surface area contributed by atoms with Crippen molar-refractivity contribution in [2.24, 2.45) is 0 Å². The van der Waals surface area contributed by atoms with E-state index in [4.69, 9.17) is 5.26 Å². The summed E-state index contributed by atoms with van der Waals surface area (Å²) in [5.41, 5.74) is 2.87. The summed E-state index contributed by atoms with van der Waals surface area (Å²) in [4.78, 5) is 0. The fraction of sp³-hybridized carbons (Fsp3) is 0.0833. The lowest BCUT2D eigenvalue weighted by Crippen LogP contribution is -1.80. The third kappa shape index (κ3) is 2.07. The molecule has 0 saturated heterocycles. The van der Waals surface area contributed by atoms with Gasteiger partial charge in [0.1, 0.15) is 0 Å². The number of nitriles is 1. The third-order valence-corrected chi connectivity index (χ3v) is 1.88. The Labute approximate surface area is 78.6 Å². The van der Waals surface area contributed by atoms with E-state index < -0.39 is 0 Å². The zero-order valence-corrected chi connectivity index (χ0v) is 7.62. The molecule has 0 aliphatic carbocycles. The van der Waals surface area contributed by atoms with Crippen LogP contribution in [0.3, 0.4) is 0 Å². The Balaban J connectivity index is 3.06. The first-order valence-corrected chi connectivity index (χ1v) is 4.11. The first-order valence-electron chi connectivity index (χ1n) is 4.11. The van der Waals surface area contributed by atoms with Crippen molar-refractivity contribution in [3.8, 4) is 6.07 Å². The van der Waals surface area contributed by atoms with Crippen LogP contribution in [0.2, 0.25) is 0 Å². The highest BCUT2D eigenvalue weighted by Crippen LogP contribution is 2.15. The molecule has 0 spiro atoms. The minimum atomic E-state index is 0.684. The van der Waals surface area contributed by atoms with Gasteiger partial charge in [-0.25, -0.2) is 0 Å². The highest BCUT2D eigenvalue weighted by Gasteiger charge is 1.95.